The number of aldehydes is 1. The third-order valence-corrected chi connectivity index (χ3v) is 13.2. The van der Waals surface area contributed by atoms with Gasteiger partial charge in [0.15, 0.2) is 0 Å². The van der Waals surface area contributed by atoms with Crippen LogP contribution < -0.4 is 10.4 Å². The zero-order valence-electron chi connectivity index (χ0n) is 20.3. The Bertz CT molecular complexity index is 920. The fourth-order valence-corrected chi connectivity index (χ4v) is 11.1. The average Bonchev–Trinajstić information content (AvgIpc) is 3.16. The molecular weight excluding hydrogens is 408 g/mol. The molecule has 0 aromatic heterocycles. The van der Waals surface area contributed by atoms with Crippen LogP contribution in [0.3, 0.4) is 0 Å². The van der Waals surface area contributed by atoms with Gasteiger partial charge < -0.3 is 9.22 Å². The molecular formula is C29H38O2Si. The standard InChI is InChI=1S/C29H38O2Si/c1-22-23(19-29(5)18-12-17-27(29)26(22)20-30)21-31-32(28(2,3)4,24-13-8-6-9-14-24)25-15-10-7-11-16-25/h6-11,13-16,19-20,22,26-27H,12,17-18,21H2,1-5H3/t22-,26+,27-,29+/m1/s1. The van der Waals surface area contributed by atoms with E-state index in [4.69, 9.17) is 4.43 Å². The summed E-state index contributed by atoms with van der Waals surface area (Å²) in [4.78, 5) is 12.1. The Kier molecular flexibility index (Phi) is 6.35. The first-order chi connectivity index (χ1) is 15.2. The second-order valence-corrected chi connectivity index (χ2v) is 15.5. The van der Waals surface area contributed by atoms with E-state index in [2.05, 4.69) is 101 Å². The number of carbonyl (C=O) groups is 1. The zero-order valence-corrected chi connectivity index (χ0v) is 21.3. The van der Waals surface area contributed by atoms with Crippen LogP contribution in [0.5, 0.6) is 0 Å². The monoisotopic (exact) mass is 446 g/mol. The quantitative estimate of drug-likeness (QED) is 0.320. The Morgan fingerprint density at radius 2 is 1.59 bits per heavy atom. The summed E-state index contributed by atoms with van der Waals surface area (Å²) in [5, 5.41) is 2.57. The number of hydrogen-bond acceptors (Lipinski definition) is 2. The molecule has 1 fully saturated rings. The first-order valence-electron chi connectivity index (χ1n) is 12.1. The maximum Gasteiger partial charge on any atom is 0.261 e. The van der Waals surface area contributed by atoms with E-state index >= 15 is 0 Å². The molecule has 2 aromatic rings. The summed E-state index contributed by atoms with van der Waals surface area (Å²) < 4.78 is 7.22. The number of allylic oxidation sites excluding steroid dienone is 1. The van der Waals surface area contributed by atoms with Crippen molar-refractivity contribution in [3.63, 3.8) is 0 Å². The molecule has 32 heavy (non-hydrogen) atoms. The molecule has 2 nitrogen and oxygen atoms in total. The van der Waals surface area contributed by atoms with Crippen molar-refractivity contribution >= 4 is 25.0 Å². The summed E-state index contributed by atoms with van der Waals surface area (Å²) in [5.74, 6) is 0.818. The van der Waals surface area contributed by atoms with Gasteiger partial charge in [0.25, 0.3) is 8.32 Å². The zero-order chi connectivity index (χ0) is 23.0. The second-order valence-electron chi connectivity index (χ2n) is 11.2. The van der Waals surface area contributed by atoms with Crippen LogP contribution in [0.2, 0.25) is 5.04 Å². The van der Waals surface area contributed by atoms with Crippen LogP contribution in [-0.2, 0) is 9.22 Å². The lowest BCUT2D eigenvalue weighted by atomic mass is 9.63. The first-order valence-corrected chi connectivity index (χ1v) is 14.1. The summed E-state index contributed by atoms with van der Waals surface area (Å²) >= 11 is 0. The lowest BCUT2D eigenvalue weighted by molar-refractivity contribution is -0.115. The predicted octanol–water partition coefficient (Wildman–Crippen LogP) is 5.76. The average molecular weight is 447 g/mol. The van der Waals surface area contributed by atoms with Crippen molar-refractivity contribution < 1.29 is 9.22 Å². The number of carbonyl (C=O) groups excluding carboxylic acids is 1. The van der Waals surface area contributed by atoms with Crippen LogP contribution in [0.25, 0.3) is 0 Å². The van der Waals surface area contributed by atoms with Crippen molar-refractivity contribution in [2.75, 3.05) is 6.61 Å². The van der Waals surface area contributed by atoms with Crippen molar-refractivity contribution in [2.45, 2.75) is 58.9 Å². The number of benzene rings is 2. The van der Waals surface area contributed by atoms with Gasteiger partial charge in [0.1, 0.15) is 6.29 Å². The van der Waals surface area contributed by atoms with Gasteiger partial charge in [0.05, 0.1) is 6.61 Å². The van der Waals surface area contributed by atoms with Crippen LogP contribution >= 0.6 is 0 Å². The number of rotatable bonds is 6. The first kappa shape index (κ1) is 23.2. The molecule has 0 heterocycles. The molecule has 0 radical (unpaired) electrons. The fraction of sp³-hybridized carbons (Fsp3) is 0.483. The summed E-state index contributed by atoms with van der Waals surface area (Å²) in [7, 11) is -2.58. The SMILES string of the molecule is C[C@@H]1C(CO[Si](c2ccccc2)(c2ccccc2)C(C)(C)C)=C[C@]2(C)CCC[C@@H]2[C@H]1C=O. The van der Waals surface area contributed by atoms with Crippen molar-refractivity contribution in [2.24, 2.45) is 23.2 Å². The Hall–Kier alpha value is -1.97. The van der Waals surface area contributed by atoms with E-state index in [9.17, 15) is 4.79 Å². The van der Waals surface area contributed by atoms with Crippen LogP contribution in [0.1, 0.15) is 53.9 Å². The van der Waals surface area contributed by atoms with Crippen LogP contribution in [0, 0.1) is 23.2 Å². The molecule has 0 bridgehead atoms. The predicted molar refractivity (Wildman–Crippen MR) is 136 cm³/mol. The largest absolute Gasteiger partial charge is 0.403 e. The van der Waals surface area contributed by atoms with E-state index in [1.165, 1.54) is 41.5 Å². The molecule has 0 amide bonds. The maximum absolute atomic E-state index is 12.1. The lowest BCUT2D eigenvalue weighted by Crippen LogP contribution is -2.66. The molecule has 2 aliphatic carbocycles. The molecule has 0 saturated heterocycles. The molecule has 0 aliphatic heterocycles. The van der Waals surface area contributed by atoms with Gasteiger partial charge in [-0.05, 0) is 51.1 Å². The molecule has 0 N–H and O–H groups in total. The number of fused-ring (bicyclic) bond motifs is 1. The highest BCUT2D eigenvalue weighted by molar-refractivity contribution is 6.99. The van der Waals surface area contributed by atoms with Crippen LogP contribution in [0.15, 0.2) is 72.3 Å². The maximum atomic E-state index is 12.1. The Balaban J connectivity index is 1.77. The lowest BCUT2D eigenvalue weighted by Gasteiger charge is -2.45. The van der Waals surface area contributed by atoms with Gasteiger partial charge in [0, 0.05) is 5.92 Å². The van der Waals surface area contributed by atoms with E-state index in [0.717, 1.165) is 0 Å². The molecule has 170 valence electrons. The van der Waals surface area contributed by atoms with E-state index in [1.807, 2.05) is 0 Å². The van der Waals surface area contributed by atoms with Gasteiger partial charge in [-0.2, -0.15) is 0 Å². The Morgan fingerprint density at radius 3 is 2.09 bits per heavy atom. The van der Waals surface area contributed by atoms with Crippen molar-refractivity contribution in [1.29, 1.82) is 0 Å². The third kappa shape index (κ3) is 3.84. The second kappa shape index (κ2) is 8.76. The van der Waals surface area contributed by atoms with E-state index in [0.29, 0.717) is 12.5 Å². The van der Waals surface area contributed by atoms with Crippen molar-refractivity contribution in [3.8, 4) is 0 Å². The van der Waals surface area contributed by atoms with Crippen molar-refractivity contribution in [1.82, 2.24) is 0 Å². The minimum Gasteiger partial charge on any atom is -0.403 e. The topological polar surface area (TPSA) is 26.3 Å². The van der Waals surface area contributed by atoms with Crippen LogP contribution in [0.4, 0.5) is 0 Å². The van der Waals surface area contributed by atoms with E-state index in [1.54, 1.807) is 0 Å². The summed E-state index contributed by atoms with van der Waals surface area (Å²) in [6, 6.07) is 21.6. The number of hydrogen-bond donors (Lipinski definition) is 0. The molecule has 4 rings (SSSR count). The summed E-state index contributed by atoms with van der Waals surface area (Å²) in [6.45, 7) is 12.1. The smallest absolute Gasteiger partial charge is 0.261 e. The van der Waals surface area contributed by atoms with Crippen LogP contribution in [-0.4, -0.2) is 21.2 Å². The molecule has 2 aromatic carbocycles. The molecule has 0 spiro atoms. The Morgan fingerprint density at radius 1 is 1.03 bits per heavy atom. The van der Waals surface area contributed by atoms with Gasteiger partial charge in [-0.1, -0.05) is 108 Å². The van der Waals surface area contributed by atoms with Gasteiger partial charge in [-0.15, -0.1) is 0 Å². The Labute approximate surface area is 195 Å². The minimum absolute atomic E-state index is 0.0436. The summed E-state index contributed by atoms with van der Waals surface area (Å²) in [5.41, 5.74) is 1.44. The van der Waals surface area contributed by atoms with Gasteiger partial charge in [-0.3, -0.25) is 0 Å². The highest BCUT2D eigenvalue weighted by Crippen LogP contribution is 2.54. The third-order valence-electron chi connectivity index (χ3n) is 8.25. The van der Waals surface area contributed by atoms with E-state index in [-0.39, 0.29) is 22.3 Å². The summed E-state index contributed by atoms with van der Waals surface area (Å²) in [6.07, 6.45) is 7.29. The molecule has 3 heteroatoms. The van der Waals surface area contributed by atoms with Gasteiger partial charge >= 0.3 is 0 Å². The van der Waals surface area contributed by atoms with Gasteiger partial charge in [0.2, 0.25) is 0 Å². The fourth-order valence-electron chi connectivity index (χ4n) is 6.52. The molecule has 4 atom stereocenters. The van der Waals surface area contributed by atoms with E-state index < -0.39 is 8.32 Å². The normalized spacial score (nSPS) is 28.2. The minimum atomic E-state index is -2.58. The van der Waals surface area contributed by atoms with Gasteiger partial charge in [-0.25, -0.2) is 0 Å². The highest BCUT2D eigenvalue weighted by atomic mass is 28.4. The highest BCUT2D eigenvalue weighted by Gasteiger charge is 2.52. The molecule has 0 unspecified atom stereocenters. The van der Waals surface area contributed by atoms with Crippen molar-refractivity contribution in [3.05, 3.63) is 72.3 Å². The molecule has 1 saturated carbocycles. The molecule has 2 aliphatic rings.